The Hall–Kier alpha value is -6.75. The first kappa shape index (κ1) is 29.9. The summed E-state index contributed by atoms with van der Waals surface area (Å²) in [6.45, 7) is 0. The molecular weight excluding hydrogens is 663 g/mol. The molecule has 2 heterocycles. The second-order valence-electron chi connectivity index (χ2n) is 13.6. The highest BCUT2D eigenvalue weighted by Crippen LogP contribution is 2.40. The predicted molar refractivity (Wildman–Crippen MR) is 224 cm³/mol. The summed E-state index contributed by atoms with van der Waals surface area (Å²) < 4.78 is 2.47. The van der Waals surface area contributed by atoms with Gasteiger partial charge in [0.2, 0.25) is 0 Å². The van der Waals surface area contributed by atoms with Crippen LogP contribution in [0.3, 0.4) is 0 Å². The van der Waals surface area contributed by atoms with Gasteiger partial charge in [0.1, 0.15) is 0 Å². The fraction of sp³-hybridized carbons (Fsp3) is 0. The Morgan fingerprint density at radius 1 is 0.302 bits per heavy atom. The molecule has 246 valence electrons. The molecule has 0 saturated carbocycles. The van der Waals surface area contributed by atoms with Crippen molar-refractivity contribution in [3.63, 3.8) is 0 Å². The molecule has 0 aliphatic heterocycles. The third-order valence-electron chi connectivity index (χ3n) is 10.5. The molecule has 11 aromatic rings. The number of hydrogen-bond donors (Lipinski definition) is 0. The summed E-state index contributed by atoms with van der Waals surface area (Å²) in [5.74, 6) is 1.97. The van der Waals surface area contributed by atoms with E-state index in [2.05, 4.69) is 176 Å². The largest absolute Gasteiger partial charge is 0.208 e. The molecule has 2 aromatic heterocycles. The molecule has 0 spiro atoms. The van der Waals surface area contributed by atoms with Crippen LogP contribution in [0.15, 0.2) is 176 Å². The fourth-order valence-electron chi connectivity index (χ4n) is 7.96. The van der Waals surface area contributed by atoms with Gasteiger partial charge in [0.25, 0.3) is 0 Å². The lowest BCUT2D eigenvalue weighted by atomic mass is 9.96. The summed E-state index contributed by atoms with van der Waals surface area (Å²) in [6.07, 6.45) is 0. The van der Waals surface area contributed by atoms with Gasteiger partial charge in [-0.25, -0.2) is 15.0 Å². The molecular formula is C49H29N3S. The first-order valence-electron chi connectivity index (χ1n) is 17.9. The van der Waals surface area contributed by atoms with Gasteiger partial charge in [-0.1, -0.05) is 158 Å². The van der Waals surface area contributed by atoms with Gasteiger partial charge >= 0.3 is 0 Å². The summed E-state index contributed by atoms with van der Waals surface area (Å²) in [5.41, 5.74) is 5.27. The molecule has 0 unspecified atom stereocenters. The molecule has 0 radical (unpaired) electrons. The van der Waals surface area contributed by atoms with Gasteiger partial charge in [-0.2, -0.15) is 0 Å². The van der Waals surface area contributed by atoms with Crippen molar-refractivity contribution in [1.29, 1.82) is 0 Å². The molecule has 0 saturated heterocycles. The minimum absolute atomic E-state index is 0.649. The zero-order valence-corrected chi connectivity index (χ0v) is 29.3. The number of hydrogen-bond acceptors (Lipinski definition) is 4. The normalized spacial score (nSPS) is 11.8. The third-order valence-corrected chi connectivity index (χ3v) is 11.7. The lowest BCUT2D eigenvalue weighted by Crippen LogP contribution is -2.00. The predicted octanol–water partition coefficient (Wildman–Crippen LogP) is 13.5. The second kappa shape index (κ2) is 11.9. The topological polar surface area (TPSA) is 38.7 Å². The molecule has 0 N–H and O–H groups in total. The maximum atomic E-state index is 5.23. The smallest absolute Gasteiger partial charge is 0.164 e. The third kappa shape index (κ3) is 4.91. The Labute approximate surface area is 309 Å². The summed E-state index contributed by atoms with van der Waals surface area (Å²) >= 11 is 1.80. The first-order chi connectivity index (χ1) is 26.2. The molecule has 0 atom stereocenters. The van der Waals surface area contributed by atoms with Crippen molar-refractivity contribution in [3.8, 4) is 45.3 Å². The Morgan fingerprint density at radius 2 is 0.830 bits per heavy atom. The molecule has 0 amide bonds. The Morgan fingerprint density at radius 3 is 1.66 bits per heavy atom. The van der Waals surface area contributed by atoms with Crippen LogP contribution in [0, 0.1) is 0 Å². The van der Waals surface area contributed by atoms with E-state index in [1.54, 1.807) is 11.3 Å². The van der Waals surface area contributed by atoms with Crippen molar-refractivity contribution in [2.45, 2.75) is 0 Å². The lowest BCUT2D eigenvalue weighted by Gasteiger charge is -2.12. The van der Waals surface area contributed by atoms with Gasteiger partial charge in [-0.05, 0) is 72.4 Å². The Bertz CT molecular complexity index is 3230. The van der Waals surface area contributed by atoms with E-state index in [0.717, 1.165) is 27.6 Å². The average Bonchev–Trinajstić information content (AvgIpc) is 3.62. The van der Waals surface area contributed by atoms with E-state index in [0.29, 0.717) is 17.5 Å². The highest BCUT2D eigenvalue weighted by Gasteiger charge is 2.18. The van der Waals surface area contributed by atoms with E-state index in [1.807, 2.05) is 0 Å². The number of aromatic nitrogens is 3. The number of benzene rings is 9. The molecule has 0 aliphatic carbocycles. The van der Waals surface area contributed by atoms with Gasteiger partial charge < -0.3 is 0 Å². The van der Waals surface area contributed by atoms with Gasteiger partial charge in [0.15, 0.2) is 17.5 Å². The quantitative estimate of drug-likeness (QED) is 0.172. The maximum Gasteiger partial charge on any atom is 0.164 e. The standard InChI is InChI=1S/C49H29N3S/c1-3-12-36-30(9-1)11-7-15-37(36)32-19-21-33(22-20-32)47-50-48(52-49(51-47)43-16-8-18-45-46(43)42-14-5-6-17-44(42)53-45)35-25-26-39-34(29-35)24-28-40-38-13-4-2-10-31(38)23-27-41(39)40/h1-29H. The number of nitrogens with zero attached hydrogens (tertiary/aromatic N) is 3. The fourth-order valence-corrected chi connectivity index (χ4v) is 9.09. The Balaban J connectivity index is 1.09. The van der Waals surface area contributed by atoms with Crippen LogP contribution in [0.4, 0.5) is 0 Å². The van der Waals surface area contributed by atoms with Crippen molar-refractivity contribution < 1.29 is 0 Å². The number of thiophene rings is 1. The van der Waals surface area contributed by atoms with Gasteiger partial charge in [-0.3, -0.25) is 0 Å². The molecule has 0 bridgehead atoms. The maximum absolute atomic E-state index is 5.23. The number of fused-ring (bicyclic) bond motifs is 9. The van der Waals surface area contributed by atoms with Crippen LogP contribution in [-0.2, 0) is 0 Å². The van der Waals surface area contributed by atoms with E-state index in [-0.39, 0.29) is 0 Å². The van der Waals surface area contributed by atoms with Crippen LogP contribution in [0.5, 0.6) is 0 Å². The highest BCUT2D eigenvalue weighted by molar-refractivity contribution is 7.25. The lowest BCUT2D eigenvalue weighted by molar-refractivity contribution is 1.08. The minimum Gasteiger partial charge on any atom is -0.208 e. The zero-order chi connectivity index (χ0) is 34.9. The Kier molecular flexibility index (Phi) is 6.73. The van der Waals surface area contributed by atoms with Crippen LogP contribution >= 0.6 is 11.3 Å². The average molecular weight is 692 g/mol. The summed E-state index contributed by atoms with van der Waals surface area (Å²) in [6, 6.07) is 62.8. The van der Waals surface area contributed by atoms with Crippen LogP contribution < -0.4 is 0 Å². The summed E-state index contributed by atoms with van der Waals surface area (Å²) in [5, 5.41) is 12.3. The second-order valence-corrected chi connectivity index (χ2v) is 14.7. The number of rotatable bonds is 4. The van der Waals surface area contributed by atoms with Crippen molar-refractivity contribution in [1.82, 2.24) is 15.0 Å². The van der Waals surface area contributed by atoms with Crippen molar-refractivity contribution in [2.24, 2.45) is 0 Å². The summed E-state index contributed by atoms with van der Waals surface area (Å²) in [4.78, 5) is 15.6. The van der Waals surface area contributed by atoms with Crippen LogP contribution in [-0.4, -0.2) is 15.0 Å². The molecule has 9 aromatic carbocycles. The van der Waals surface area contributed by atoms with Crippen LogP contribution in [0.25, 0.3) is 109 Å². The van der Waals surface area contributed by atoms with E-state index < -0.39 is 0 Å². The van der Waals surface area contributed by atoms with Gasteiger partial charge in [-0.15, -0.1) is 11.3 Å². The minimum atomic E-state index is 0.649. The SMILES string of the molecule is c1ccc2c(-c3ccc(-c4nc(-c5ccc6c(ccc7c8ccccc8ccc67)c5)nc(-c5cccc6sc7ccccc7c56)n4)cc3)cccc2c1. The van der Waals surface area contributed by atoms with Crippen LogP contribution in [0.2, 0.25) is 0 Å². The van der Waals surface area contributed by atoms with Crippen molar-refractivity contribution >= 4 is 74.6 Å². The molecule has 0 fully saturated rings. The zero-order valence-electron chi connectivity index (χ0n) is 28.5. The van der Waals surface area contributed by atoms with Crippen LogP contribution in [0.1, 0.15) is 0 Å². The highest BCUT2D eigenvalue weighted by atomic mass is 32.1. The molecule has 53 heavy (non-hydrogen) atoms. The van der Waals surface area contributed by atoms with Gasteiger partial charge in [0.05, 0.1) is 0 Å². The van der Waals surface area contributed by atoms with E-state index >= 15 is 0 Å². The molecule has 0 aliphatic rings. The summed E-state index contributed by atoms with van der Waals surface area (Å²) in [7, 11) is 0. The van der Waals surface area contributed by atoms with E-state index in [9.17, 15) is 0 Å². The first-order valence-corrected chi connectivity index (χ1v) is 18.7. The van der Waals surface area contributed by atoms with Crippen molar-refractivity contribution in [3.05, 3.63) is 176 Å². The molecule has 4 heteroatoms. The van der Waals surface area contributed by atoms with Gasteiger partial charge in [0, 0.05) is 36.9 Å². The molecule has 11 rings (SSSR count). The molecule has 3 nitrogen and oxygen atoms in total. The van der Waals surface area contributed by atoms with E-state index in [4.69, 9.17) is 15.0 Å². The van der Waals surface area contributed by atoms with E-state index in [1.165, 1.54) is 63.4 Å². The van der Waals surface area contributed by atoms with Crippen molar-refractivity contribution in [2.75, 3.05) is 0 Å². The monoisotopic (exact) mass is 691 g/mol.